The lowest BCUT2D eigenvalue weighted by Gasteiger charge is -2.14. The first-order valence-electron chi connectivity index (χ1n) is 22.6. The number of para-hydroxylation sites is 5. The summed E-state index contributed by atoms with van der Waals surface area (Å²) in [6.07, 6.45) is 0. The van der Waals surface area contributed by atoms with Crippen LogP contribution in [0.25, 0.3) is 133 Å². The smallest absolute Gasteiger partial charge is 0.240 e. The molecule has 0 fully saturated rings. The molecular formula is C60H39N7. The number of hydrogen-bond donors (Lipinski definition) is 1. The molecule has 0 amide bonds. The average molecular weight is 858 g/mol. The van der Waals surface area contributed by atoms with Crippen molar-refractivity contribution in [2.45, 2.75) is 6.92 Å². The van der Waals surface area contributed by atoms with E-state index in [1.807, 2.05) is 6.92 Å². The summed E-state index contributed by atoms with van der Waals surface area (Å²) in [5.41, 5.74) is 14.8. The van der Waals surface area contributed by atoms with Gasteiger partial charge in [-0.2, -0.15) is 15.0 Å². The Labute approximate surface area is 384 Å². The van der Waals surface area contributed by atoms with Crippen LogP contribution in [-0.4, -0.2) is 33.6 Å². The van der Waals surface area contributed by atoms with Crippen molar-refractivity contribution in [2.24, 2.45) is 0 Å². The largest absolute Gasteiger partial charge is 0.353 e. The molecule has 67 heavy (non-hydrogen) atoms. The monoisotopic (exact) mass is 857 g/mol. The number of fused-ring (bicyclic) bond motifs is 14. The molecule has 0 saturated carbocycles. The van der Waals surface area contributed by atoms with Gasteiger partial charge in [0.05, 0.1) is 38.6 Å². The number of aromatic amines is 1. The number of H-pyrrole nitrogens is 1. The van der Waals surface area contributed by atoms with Crippen molar-refractivity contribution in [3.05, 3.63) is 212 Å². The van der Waals surface area contributed by atoms with Gasteiger partial charge in [-0.25, -0.2) is 0 Å². The maximum atomic E-state index is 5.63. The van der Waals surface area contributed by atoms with Gasteiger partial charge in [-0.05, 0) is 60.0 Å². The average Bonchev–Trinajstić information content (AvgIpc) is 4.13. The van der Waals surface area contributed by atoms with Crippen molar-refractivity contribution in [3.8, 4) is 40.1 Å². The quantitative estimate of drug-likeness (QED) is 0.181. The van der Waals surface area contributed by atoms with E-state index in [9.17, 15) is 0 Å². The molecule has 0 radical (unpaired) electrons. The first kappa shape index (κ1) is 37.3. The van der Waals surface area contributed by atoms with Crippen molar-refractivity contribution in [2.75, 3.05) is 0 Å². The van der Waals surface area contributed by atoms with Crippen molar-refractivity contribution in [1.29, 1.82) is 0 Å². The summed E-state index contributed by atoms with van der Waals surface area (Å²) >= 11 is 0. The first-order chi connectivity index (χ1) is 33.1. The maximum Gasteiger partial charge on any atom is 0.240 e. The summed E-state index contributed by atoms with van der Waals surface area (Å²) in [7, 11) is 0. The first-order valence-corrected chi connectivity index (χ1v) is 22.6. The lowest BCUT2D eigenvalue weighted by molar-refractivity contribution is 0.893. The Morgan fingerprint density at radius 3 is 1.43 bits per heavy atom. The van der Waals surface area contributed by atoms with Crippen LogP contribution in [0.2, 0.25) is 0 Å². The van der Waals surface area contributed by atoms with Gasteiger partial charge in [-0.15, -0.1) is 0 Å². The van der Waals surface area contributed by atoms with Crippen LogP contribution in [0.5, 0.6) is 0 Å². The molecular weight excluding hydrogens is 819 g/mol. The molecule has 0 saturated heterocycles. The third-order valence-corrected chi connectivity index (χ3v) is 13.7. The van der Waals surface area contributed by atoms with E-state index in [0.717, 1.165) is 110 Å². The highest BCUT2D eigenvalue weighted by Crippen LogP contribution is 2.43. The topological polar surface area (TPSA) is 69.2 Å². The van der Waals surface area contributed by atoms with E-state index < -0.39 is 0 Å². The Morgan fingerprint density at radius 2 is 0.836 bits per heavy atom. The van der Waals surface area contributed by atoms with Gasteiger partial charge in [0.15, 0.2) is 5.82 Å². The van der Waals surface area contributed by atoms with Crippen molar-refractivity contribution in [1.82, 2.24) is 33.6 Å². The maximum absolute atomic E-state index is 5.63. The highest BCUT2D eigenvalue weighted by atomic mass is 15.3. The normalized spacial score (nSPS) is 12.0. The molecule has 0 bridgehead atoms. The van der Waals surface area contributed by atoms with E-state index in [1.165, 1.54) is 10.8 Å². The van der Waals surface area contributed by atoms with Crippen LogP contribution in [0.3, 0.4) is 0 Å². The number of hydrogen-bond acceptors (Lipinski definition) is 3. The van der Waals surface area contributed by atoms with Gasteiger partial charge >= 0.3 is 0 Å². The van der Waals surface area contributed by atoms with Crippen LogP contribution < -0.4 is 0 Å². The molecule has 0 spiro atoms. The highest BCUT2D eigenvalue weighted by Gasteiger charge is 2.25. The Kier molecular flexibility index (Phi) is 7.92. The Balaban J connectivity index is 1.11. The minimum atomic E-state index is 0.526. The van der Waals surface area contributed by atoms with Gasteiger partial charge in [0.2, 0.25) is 11.9 Å². The molecule has 314 valence electrons. The van der Waals surface area contributed by atoms with Gasteiger partial charge in [0, 0.05) is 59.9 Å². The molecule has 9 aromatic carbocycles. The van der Waals surface area contributed by atoms with Gasteiger partial charge in [-0.3, -0.25) is 9.13 Å². The molecule has 1 N–H and O–H groups in total. The Bertz CT molecular complexity index is 4340. The van der Waals surface area contributed by atoms with Crippen LogP contribution in [0, 0.1) is 0 Å². The molecule has 7 heteroatoms. The zero-order valence-electron chi connectivity index (χ0n) is 36.4. The fourth-order valence-electron chi connectivity index (χ4n) is 10.6. The second kappa shape index (κ2) is 14.2. The Hall–Kier alpha value is -9.07. The van der Waals surface area contributed by atoms with E-state index in [1.54, 1.807) is 0 Å². The number of nitrogens with zero attached hydrogens (tertiary/aromatic N) is 6. The third-order valence-electron chi connectivity index (χ3n) is 13.7. The molecule has 7 nitrogen and oxygen atoms in total. The molecule has 5 heterocycles. The van der Waals surface area contributed by atoms with E-state index in [4.69, 9.17) is 15.0 Å². The summed E-state index contributed by atoms with van der Waals surface area (Å²) in [6.45, 7) is 6.17. The van der Waals surface area contributed by atoms with Crippen LogP contribution in [0.4, 0.5) is 0 Å². The predicted molar refractivity (Wildman–Crippen MR) is 278 cm³/mol. The second-order valence-electron chi connectivity index (χ2n) is 17.5. The minimum absolute atomic E-state index is 0.526. The highest BCUT2D eigenvalue weighted by molar-refractivity contribution is 6.24. The number of allylic oxidation sites excluding steroid dienone is 1. The number of rotatable bonds is 6. The molecule has 0 unspecified atom stereocenters. The molecule has 0 aliphatic heterocycles. The summed E-state index contributed by atoms with van der Waals surface area (Å²) in [5.74, 6) is 1.62. The number of aromatic nitrogens is 7. The lowest BCUT2D eigenvalue weighted by Crippen LogP contribution is -2.10. The van der Waals surface area contributed by atoms with Gasteiger partial charge in [-0.1, -0.05) is 176 Å². The van der Waals surface area contributed by atoms with Crippen LogP contribution in [0.15, 0.2) is 207 Å². The zero-order valence-corrected chi connectivity index (χ0v) is 36.4. The van der Waals surface area contributed by atoms with Crippen molar-refractivity contribution in [3.63, 3.8) is 0 Å². The molecule has 0 aliphatic carbocycles. The summed E-state index contributed by atoms with van der Waals surface area (Å²) < 4.78 is 6.90. The van der Waals surface area contributed by atoms with Crippen molar-refractivity contribution < 1.29 is 0 Å². The Morgan fingerprint density at radius 1 is 0.388 bits per heavy atom. The SMILES string of the molecule is C=C(C)c1ccc(-c2ccc(-c3nc(-n4c5ccccc5c5ccc6c7ccccc7[nH]c6c54)nc(-n4c5ccccc5c5ccc6c7ccccc7n(-c7ccccc7)c6c54)n3)cc2)cc1. The summed E-state index contributed by atoms with van der Waals surface area (Å²) in [5, 5.41) is 9.12. The van der Waals surface area contributed by atoms with E-state index in [-0.39, 0.29) is 0 Å². The summed E-state index contributed by atoms with van der Waals surface area (Å²) in [6, 6.07) is 71.2. The third kappa shape index (κ3) is 5.49. The van der Waals surface area contributed by atoms with Gasteiger partial charge in [0.1, 0.15) is 0 Å². The van der Waals surface area contributed by atoms with E-state index in [2.05, 4.69) is 225 Å². The van der Waals surface area contributed by atoms with Gasteiger partial charge < -0.3 is 9.55 Å². The predicted octanol–water partition coefficient (Wildman–Crippen LogP) is 15.2. The second-order valence-corrected chi connectivity index (χ2v) is 17.5. The number of benzene rings is 9. The van der Waals surface area contributed by atoms with Gasteiger partial charge in [0.25, 0.3) is 0 Å². The molecule has 0 atom stereocenters. The van der Waals surface area contributed by atoms with E-state index >= 15 is 0 Å². The fraction of sp³-hybridized carbons (Fsp3) is 0.0167. The molecule has 0 aliphatic rings. The van der Waals surface area contributed by atoms with Crippen LogP contribution >= 0.6 is 0 Å². The molecule has 5 aromatic heterocycles. The van der Waals surface area contributed by atoms with Crippen molar-refractivity contribution >= 4 is 92.8 Å². The lowest BCUT2D eigenvalue weighted by atomic mass is 10.0. The molecule has 14 rings (SSSR count). The van der Waals surface area contributed by atoms with Crippen LogP contribution in [0.1, 0.15) is 12.5 Å². The molecule has 14 aromatic rings. The zero-order chi connectivity index (χ0) is 44.3. The van der Waals surface area contributed by atoms with E-state index in [0.29, 0.717) is 17.7 Å². The summed E-state index contributed by atoms with van der Waals surface area (Å²) in [4.78, 5) is 20.4. The fourth-order valence-corrected chi connectivity index (χ4v) is 10.6. The minimum Gasteiger partial charge on any atom is -0.353 e. The standard InChI is InChI=1S/C60H39N7/c1-36(2)37-24-26-38(27-25-37)39-28-30-40(31-29-39)58-62-59(66-52-22-12-8-17-43(52)47-33-32-46-42-16-6-10-20-50(42)61-54(46)55(47)66)64-60(63-58)67-53-23-13-9-19-45(53)49-35-34-48-44-18-7-11-21-51(44)65(56(48)57(49)67)41-14-4-3-5-15-41/h3-35,61H,1H2,2H3. The van der Waals surface area contributed by atoms with Crippen LogP contribution in [-0.2, 0) is 0 Å². The number of nitrogens with one attached hydrogen (secondary N) is 1.